The number of ketones is 1. The normalized spacial score (nSPS) is 17.1. The van der Waals surface area contributed by atoms with Gasteiger partial charge in [-0.1, -0.05) is 6.58 Å². The van der Waals surface area contributed by atoms with Gasteiger partial charge in [-0.05, 0) is 31.8 Å². The molecule has 0 spiro atoms. The number of hydrogen-bond acceptors (Lipinski definition) is 4. The molecule has 1 aliphatic rings. The standard InChI is InChI=1S/C13H19NO4/c1-9(2)10(15)5-3-4-6-11(16)14-12(17)7-8-13(14)18/h11,16H,1,3-8H2,2H3. The second-order valence-corrected chi connectivity index (χ2v) is 4.59. The smallest absolute Gasteiger partial charge is 0.231 e. The van der Waals surface area contributed by atoms with Crippen LogP contribution in [0.5, 0.6) is 0 Å². The minimum absolute atomic E-state index is 0.0119. The molecule has 5 heteroatoms. The summed E-state index contributed by atoms with van der Waals surface area (Å²) in [5.41, 5.74) is 0.528. The lowest BCUT2D eigenvalue weighted by Gasteiger charge is -2.20. The molecule has 2 amide bonds. The Kier molecular flexibility index (Phi) is 5.22. The van der Waals surface area contributed by atoms with E-state index in [1.165, 1.54) is 0 Å². The molecule has 0 saturated carbocycles. The number of rotatable bonds is 7. The number of carbonyl (C=O) groups is 3. The number of imide groups is 1. The Balaban J connectivity index is 2.27. The van der Waals surface area contributed by atoms with Crippen LogP contribution in [0.25, 0.3) is 0 Å². The lowest BCUT2D eigenvalue weighted by atomic mass is 10.1. The second-order valence-electron chi connectivity index (χ2n) is 4.59. The quantitative estimate of drug-likeness (QED) is 0.419. The van der Waals surface area contributed by atoms with Crippen LogP contribution in [0, 0.1) is 0 Å². The highest BCUT2D eigenvalue weighted by Gasteiger charge is 2.33. The summed E-state index contributed by atoms with van der Waals surface area (Å²) in [5, 5.41) is 9.75. The van der Waals surface area contributed by atoms with Crippen LogP contribution in [-0.2, 0) is 14.4 Å². The maximum atomic E-state index is 11.3. The van der Waals surface area contributed by atoms with E-state index in [1.807, 2.05) is 0 Å². The van der Waals surface area contributed by atoms with Crippen LogP contribution in [-0.4, -0.2) is 33.8 Å². The van der Waals surface area contributed by atoms with Gasteiger partial charge >= 0.3 is 0 Å². The Morgan fingerprint density at radius 3 is 2.39 bits per heavy atom. The third kappa shape index (κ3) is 3.77. The van der Waals surface area contributed by atoms with E-state index in [1.54, 1.807) is 6.92 Å². The number of allylic oxidation sites excluding steroid dienone is 1. The number of nitrogens with zero attached hydrogens (tertiary/aromatic N) is 1. The molecule has 1 heterocycles. The third-order valence-electron chi connectivity index (χ3n) is 2.98. The second kappa shape index (κ2) is 6.44. The molecule has 5 nitrogen and oxygen atoms in total. The molecular weight excluding hydrogens is 234 g/mol. The van der Waals surface area contributed by atoms with E-state index in [-0.39, 0.29) is 30.4 Å². The molecule has 0 aromatic heterocycles. The predicted molar refractivity (Wildman–Crippen MR) is 65.4 cm³/mol. The molecule has 100 valence electrons. The van der Waals surface area contributed by atoms with Crippen LogP contribution in [0.1, 0.15) is 45.4 Å². The number of amides is 2. The molecule has 0 aromatic rings. The van der Waals surface area contributed by atoms with Crippen LogP contribution >= 0.6 is 0 Å². The first kappa shape index (κ1) is 14.6. The number of hydrogen-bond donors (Lipinski definition) is 1. The lowest BCUT2D eigenvalue weighted by Crippen LogP contribution is -2.39. The van der Waals surface area contributed by atoms with Gasteiger partial charge in [0, 0.05) is 19.3 Å². The van der Waals surface area contributed by atoms with Crippen molar-refractivity contribution in [2.24, 2.45) is 0 Å². The Labute approximate surface area is 106 Å². The van der Waals surface area contributed by atoms with Gasteiger partial charge in [0.05, 0.1) is 0 Å². The molecule has 1 saturated heterocycles. The molecule has 1 fully saturated rings. The molecule has 0 aromatic carbocycles. The highest BCUT2D eigenvalue weighted by atomic mass is 16.3. The molecule has 1 atom stereocenters. The van der Waals surface area contributed by atoms with Gasteiger partial charge in [-0.25, -0.2) is 0 Å². The van der Waals surface area contributed by atoms with Crippen molar-refractivity contribution in [2.45, 2.75) is 51.7 Å². The Bertz CT molecular complexity index is 359. The van der Waals surface area contributed by atoms with Gasteiger partial charge in [-0.15, -0.1) is 0 Å². The zero-order valence-electron chi connectivity index (χ0n) is 10.6. The summed E-state index contributed by atoms with van der Waals surface area (Å²) in [7, 11) is 0. The predicted octanol–water partition coefficient (Wildman–Crippen LogP) is 1.16. The van der Waals surface area contributed by atoms with Crippen molar-refractivity contribution in [3.8, 4) is 0 Å². The van der Waals surface area contributed by atoms with E-state index in [2.05, 4.69) is 6.58 Å². The van der Waals surface area contributed by atoms with Crippen LogP contribution in [0.2, 0.25) is 0 Å². The van der Waals surface area contributed by atoms with E-state index >= 15 is 0 Å². The van der Waals surface area contributed by atoms with E-state index in [9.17, 15) is 19.5 Å². The van der Waals surface area contributed by atoms with Crippen molar-refractivity contribution < 1.29 is 19.5 Å². The minimum atomic E-state index is -1.05. The molecular formula is C13H19NO4. The van der Waals surface area contributed by atoms with Gasteiger partial charge in [-0.3, -0.25) is 19.3 Å². The summed E-state index contributed by atoms with van der Waals surface area (Å²) < 4.78 is 0. The Morgan fingerprint density at radius 2 is 1.89 bits per heavy atom. The van der Waals surface area contributed by atoms with Gasteiger partial charge in [0.15, 0.2) is 5.78 Å². The van der Waals surface area contributed by atoms with Gasteiger partial charge in [-0.2, -0.15) is 0 Å². The number of Topliss-reactive ketones (excluding diaryl/α,β-unsaturated/α-hetero) is 1. The first-order chi connectivity index (χ1) is 8.43. The third-order valence-corrected chi connectivity index (χ3v) is 2.98. The average Bonchev–Trinajstić information content (AvgIpc) is 2.63. The molecule has 1 N–H and O–H groups in total. The van der Waals surface area contributed by atoms with E-state index in [4.69, 9.17) is 0 Å². The van der Waals surface area contributed by atoms with Crippen molar-refractivity contribution in [3.63, 3.8) is 0 Å². The maximum Gasteiger partial charge on any atom is 0.231 e. The van der Waals surface area contributed by atoms with Crippen LogP contribution < -0.4 is 0 Å². The Morgan fingerprint density at radius 1 is 1.33 bits per heavy atom. The summed E-state index contributed by atoms with van der Waals surface area (Å²) in [6.45, 7) is 5.22. The van der Waals surface area contributed by atoms with Gasteiger partial charge in [0.2, 0.25) is 11.8 Å². The fourth-order valence-electron chi connectivity index (χ4n) is 1.88. The van der Waals surface area contributed by atoms with Gasteiger partial charge in [0.25, 0.3) is 0 Å². The van der Waals surface area contributed by atoms with Crippen LogP contribution in [0.4, 0.5) is 0 Å². The number of carbonyl (C=O) groups excluding carboxylic acids is 3. The fraction of sp³-hybridized carbons (Fsp3) is 0.615. The topological polar surface area (TPSA) is 74.7 Å². The van der Waals surface area contributed by atoms with E-state index < -0.39 is 6.23 Å². The van der Waals surface area contributed by atoms with E-state index in [0.717, 1.165) is 4.90 Å². The first-order valence-electron chi connectivity index (χ1n) is 6.15. The summed E-state index contributed by atoms with van der Waals surface area (Å²) in [6.07, 6.45) is 1.25. The summed E-state index contributed by atoms with van der Waals surface area (Å²) in [5.74, 6) is -0.617. The number of aliphatic hydroxyl groups is 1. The number of aliphatic hydroxyl groups excluding tert-OH is 1. The number of unbranched alkanes of at least 4 members (excludes halogenated alkanes) is 1. The zero-order valence-corrected chi connectivity index (χ0v) is 10.6. The lowest BCUT2D eigenvalue weighted by molar-refractivity contribution is -0.149. The Hall–Kier alpha value is -1.49. The van der Waals surface area contributed by atoms with Crippen molar-refractivity contribution >= 4 is 17.6 Å². The molecule has 18 heavy (non-hydrogen) atoms. The zero-order chi connectivity index (χ0) is 13.7. The molecule has 0 bridgehead atoms. The van der Waals surface area contributed by atoms with Crippen molar-refractivity contribution in [3.05, 3.63) is 12.2 Å². The van der Waals surface area contributed by atoms with Crippen LogP contribution in [0.15, 0.2) is 12.2 Å². The molecule has 0 aliphatic carbocycles. The summed E-state index contributed by atoms with van der Waals surface area (Å²) >= 11 is 0. The first-order valence-corrected chi connectivity index (χ1v) is 6.15. The molecule has 0 radical (unpaired) electrons. The van der Waals surface area contributed by atoms with Gasteiger partial charge < -0.3 is 5.11 Å². The summed E-state index contributed by atoms with van der Waals surface area (Å²) in [4.78, 5) is 34.9. The van der Waals surface area contributed by atoms with Crippen molar-refractivity contribution in [2.75, 3.05) is 0 Å². The minimum Gasteiger partial charge on any atom is -0.373 e. The largest absolute Gasteiger partial charge is 0.373 e. The average molecular weight is 253 g/mol. The molecule has 1 rings (SSSR count). The molecule has 1 unspecified atom stereocenters. The SMILES string of the molecule is C=C(C)C(=O)CCCCC(O)N1C(=O)CCC1=O. The maximum absolute atomic E-state index is 11.3. The monoisotopic (exact) mass is 253 g/mol. The molecule has 1 aliphatic heterocycles. The highest BCUT2D eigenvalue weighted by Crippen LogP contribution is 2.17. The fourth-order valence-corrected chi connectivity index (χ4v) is 1.88. The van der Waals surface area contributed by atoms with Crippen LogP contribution in [0.3, 0.4) is 0 Å². The number of likely N-dealkylation sites (tertiary alicyclic amines) is 1. The van der Waals surface area contributed by atoms with Gasteiger partial charge in [0.1, 0.15) is 6.23 Å². The van der Waals surface area contributed by atoms with E-state index in [0.29, 0.717) is 31.3 Å². The van der Waals surface area contributed by atoms with Crippen molar-refractivity contribution in [1.82, 2.24) is 4.90 Å². The van der Waals surface area contributed by atoms with Crippen molar-refractivity contribution in [1.29, 1.82) is 0 Å². The summed E-state index contributed by atoms with van der Waals surface area (Å²) in [6, 6.07) is 0. The highest BCUT2D eigenvalue weighted by molar-refractivity contribution is 6.02.